The summed E-state index contributed by atoms with van der Waals surface area (Å²) in [7, 11) is 0. The molecule has 2 N–H and O–H groups in total. The van der Waals surface area contributed by atoms with Gasteiger partial charge >= 0.3 is 6.03 Å². The zero-order valence-electron chi connectivity index (χ0n) is 12.9. The first-order chi connectivity index (χ1) is 11.5. The fourth-order valence-corrected chi connectivity index (χ4v) is 3.30. The number of urea groups is 1. The van der Waals surface area contributed by atoms with Gasteiger partial charge in [0.1, 0.15) is 0 Å². The molecule has 2 saturated heterocycles. The van der Waals surface area contributed by atoms with E-state index in [0.717, 1.165) is 12.8 Å². The summed E-state index contributed by atoms with van der Waals surface area (Å²) in [4.78, 5) is 22.3. The number of carbonyl (C=O) groups excluding carboxylic acids is 1. The SMILES string of the molecule is O=C(Nc1ccc([N+](=O)[O-])cc1Cl)NC1CCOC2(CCOC2)C1. The quantitative estimate of drug-likeness (QED) is 0.641. The van der Waals surface area contributed by atoms with Crippen LogP contribution in [0.25, 0.3) is 0 Å². The number of hydrogen-bond donors (Lipinski definition) is 2. The summed E-state index contributed by atoms with van der Waals surface area (Å²) in [5.74, 6) is 0. The van der Waals surface area contributed by atoms with Crippen molar-refractivity contribution < 1.29 is 19.2 Å². The fraction of sp³-hybridized carbons (Fsp3) is 0.533. The Morgan fingerprint density at radius 2 is 2.25 bits per heavy atom. The van der Waals surface area contributed by atoms with Gasteiger partial charge in [-0.05, 0) is 18.9 Å². The summed E-state index contributed by atoms with van der Waals surface area (Å²) in [6.45, 7) is 1.81. The third-order valence-electron chi connectivity index (χ3n) is 4.31. The van der Waals surface area contributed by atoms with Crippen LogP contribution in [0.5, 0.6) is 0 Å². The molecule has 2 atom stereocenters. The van der Waals surface area contributed by atoms with E-state index in [1.807, 2.05) is 0 Å². The van der Waals surface area contributed by atoms with Crippen LogP contribution in [0.1, 0.15) is 19.3 Å². The minimum absolute atomic E-state index is 0.0164. The normalized spacial score (nSPS) is 26.3. The highest BCUT2D eigenvalue weighted by molar-refractivity contribution is 6.33. The molecule has 0 saturated carbocycles. The molecule has 0 aliphatic carbocycles. The molecule has 1 aromatic rings. The molecule has 1 spiro atoms. The van der Waals surface area contributed by atoms with Gasteiger partial charge in [-0.1, -0.05) is 11.6 Å². The summed E-state index contributed by atoms with van der Waals surface area (Å²) in [6, 6.07) is 3.50. The molecule has 8 nitrogen and oxygen atoms in total. The lowest BCUT2D eigenvalue weighted by atomic mass is 9.90. The monoisotopic (exact) mass is 355 g/mol. The molecule has 130 valence electrons. The van der Waals surface area contributed by atoms with Crippen molar-refractivity contribution in [2.45, 2.75) is 30.9 Å². The predicted octanol–water partition coefficient (Wildman–Crippen LogP) is 2.71. The van der Waals surface area contributed by atoms with E-state index in [0.29, 0.717) is 31.9 Å². The first-order valence-electron chi connectivity index (χ1n) is 7.71. The van der Waals surface area contributed by atoms with Crippen molar-refractivity contribution in [3.63, 3.8) is 0 Å². The lowest BCUT2D eigenvalue weighted by Gasteiger charge is -2.37. The molecule has 2 fully saturated rings. The summed E-state index contributed by atoms with van der Waals surface area (Å²) >= 11 is 5.98. The zero-order valence-corrected chi connectivity index (χ0v) is 13.7. The molecule has 0 aromatic heterocycles. The third-order valence-corrected chi connectivity index (χ3v) is 4.62. The van der Waals surface area contributed by atoms with Crippen LogP contribution >= 0.6 is 11.6 Å². The maximum atomic E-state index is 12.2. The van der Waals surface area contributed by atoms with Crippen molar-refractivity contribution in [2.24, 2.45) is 0 Å². The molecule has 0 bridgehead atoms. The van der Waals surface area contributed by atoms with Crippen LogP contribution in [0.15, 0.2) is 18.2 Å². The van der Waals surface area contributed by atoms with Crippen LogP contribution in [-0.4, -0.2) is 42.4 Å². The molecule has 0 radical (unpaired) electrons. The van der Waals surface area contributed by atoms with E-state index >= 15 is 0 Å². The van der Waals surface area contributed by atoms with E-state index < -0.39 is 11.0 Å². The Balaban J connectivity index is 1.58. The molecule has 2 unspecified atom stereocenters. The molecule has 2 amide bonds. The van der Waals surface area contributed by atoms with Gasteiger partial charge in [-0.15, -0.1) is 0 Å². The van der Waals surface area contributed by atoms with Gasteiger partial charge in [-0.25, -0.2) is 4.79 Å². The standard InChI is InChI=1S/C15H18ClN3O5/c16-12-7-11(19(21)22)1-2-13(12)18-14(20)17-10-3-5-24-15(8-10)4-6-23-9-15/h1-2,7,10H,3-6,8-9H2,(H2,17,18,20). The van der Waals surface area contributed by atoms with Crippen LogP contribution in [0.4, 0.5) is 16.2 Å². The second-order valence-corrected chi connectivity index (χ2v) is 6.45. The minimum atomic E-state index is -0.541. The Morgan fingerprint density at radius 3 is 2.92 bits per heavy atom. The van der Waals surface area contributed by atoms with Crippen molar-refractivity contribution in [1.82, 2.24) is 5.32 Å². The fourth-order valence-electron chi connectivity index (χ4n) is 3.08. The molecule has 2 heterocycles. The number of non-ortho nitro benzene ring substituents is 1. The number of nitro benzene ring substituents is 1. The number of carbonyl (C=O) groups is 1. The summed E-state index contributed by atoms with van der Waals surface area (Å²) in [5.41, 5.74) is -0.0920. The van der Waals surface area contributed by atoms with Gasteiger partial charge in [-0.3, -0.25) is 10.1 Å². The van der Waals surface area contributed by atoms with E-state index in [-0.39, 0.29) is 22.4 Å². The van der Waals surface area contributed by atoms with Crippen molar-refractivity contribution >= 4 is 29.0 Å². The smallest absolute Gasteiger partial charge is 0.319 e. The molecule has 2 aliphatic heterocycles. The van der Waals surface area contributed by atoms with Crippen LogP contribution in [-0.2, 0) is 9.47 Å². The number of benzene rings is 1. The summed E-state index contributed by atoms with van der Waals surface area (Å²) in [6.07, 6.45) is 2.26. The number of nitrogens with one attached hydrogen (secondary N) is 2. The van der Waals surface area contributed by atoms with Crippen molar-refractivity contribution in [1.29, 1.82) is 0 Å². The van der Waals surface area contributed by atoms with E-state index in [2.05, 4.69) is 10.6 Å². The van der Waals surface area contributed by atoms with Gasteiger partial charge in [-0.2, -0.15) is 0 Å². The Labute approximate surface area is 143 Å². The van der Waals surface area contributed by atoms with Gasteiger partial charge in [0, 0.05) is 37.8 Å². The Hall–Kier alpha value is -1.90. The summed E-state index contributed by atoms with van der Waals surface area (Å²) in [5, 5.41) is 16.3. The molecule has 9 heteroatoms. The molecule has 2 aliphatic rings. The highest BCUT2D eigenvalue weighted by atomic mass is 35.5. The van der Waals surface area contributed by atoms with Crippen molar-refractivity contribution in [3.05, 3.63) is 33.3 Å². The molecule has 3 rings (SSSR count). The predicted molar refractivity (Wildman–Crippen MR) is 87.4 cm³/mol. The first-order valence-corrected chi connectivity index (χ1v) is 8.08. The number of ether oxygens (including phenoxy) is 2. The van der Waals surface area contributed by atoms with E-state index in [1.54, 1.807) is 0 Å². The highest BCUT2D eigenvalue weighted by Gasteiger charge is 2.41. The number of nitro groups is 1. The van der Waals surface area contributed by atoms with Crippen LogP contribution in [0, 0.1) is 10.1 Å². The van der Waals surface area contributed by atoms with E-state index in [4.69, 9.17) is 21.1 Å². The zero-order chi connectivity index (χ0) is 17.2. The Morgan fingerprint density at radius 1 is 1.42 bits per heavy atom. The number of rotatable bonds is 3. The topological polar surface area (TPSA) is 103 Å². The van der Waals surface area contributed by atoms with Crippen molar-refractivity contribution in [2.75, 3.05) is 25.1 Å². The Kier molecular flexibility index (Phi) is 4.88. The minimum Gasteiger partial charge on any atom is -0.378 e. The van der Waals surface area contributed by atoms with E-state index in [1.165, 1.54) is 18.2 Å². The van der Waals surface area contributed by atoms with Gasteiger partial charge in [0.25, 0.3) is 5.69 Å². The second kappa shape index (κ2) is 6.92. The summed E-state index contributed by atoms with van der Waals surface area (Å²) < 4.78 is 11.2. The van der Waals surface area contributed by atoms with Crippen LogP contribution in [0.3, 0.4) is 0 Å². The first kappa shape index (κ1) is 16.9. The van der Waals surface area contributed by atoms with Crippen LogP contribution in [0.2, 0.25) is 5.02 Å². The van der Waals surface area contributed by atoms with Gasteiger partial charge in [0.05, 0.1) is 27.8 Å². The number of anilines is 1. The second-order valence-electron chi connectivity index (χ2n) is 6.04. The maximum Gasteiger partial charge on any atom is 0.319 e. The number of nitrogens with zero attached hydrogens (tertiary/aromatic N) is 1. The van der Waals surface area contributed by atoms with Crippen LogP contribution < -0.4 is 10.6 Å². The third kappa shape index (κ3) is 3.77. The largest absolute Gasteiger partial charge is 0.378 e. The molecular formula is C15H18ClN3O5. The molecule has 1 aromatic carbocycles. The number of halogens is 1. The van der Waals surface area contributed by atoms with Crippen molar-refractivity contribution in [3.8, 4) is 0 Å². The average Bonchev–Trinajstić information content (AvgIpc) is 2.96. The number of amides is 2. The number of hydrogen-bond acceptors (Lipinski definition) is 5. The maximum absolute atomic E-state index is 12.2. The average molecular weight is 356 g/mol. The lowest BCUT2D eigenvalue weighted by molar-refractivity contribution is -0.384. The highest BCUT2D eigenvalue weighted by Crippen LogP contribution is 2.33. The van der Waals surface area contributed by atoms with Gasteiger partial charge in [0.15, 0.2) is 0 Å². The van der Waals surface area contributed by atoms with Gasteiger partial charge < -0.3 is 20.1 Å². The molecule has 24 heavy (non-hydrogen) atoms. The Bertz CT molecular complexity index is 648. The molecular weight excluding hydrogens is 338 g/mol. The lowest BCUT2D eigenvalue weighted by Crippen LogP contribution is -2.49. The van der Waals surface area contributed by atoms with E-state index in [9.17, 15) is 14.9 Å². The van der Waals surface area contributed by atoms with Gasteiger partial charge in [0.2, 0.25) is 0 Å².